The third-order valence-corrected chi connectivity index (χ3v) is 5.70. The molecule has 0 atom stereocenters. The van der Waals surface area contributed by atoms with Crippen LogP contribution in [0.1, 0.15) is 55.0 Å². The highest BCUT2D eigenvalue weighted by atomic mass is 16.5. The van der Waals surface area contributed by atoms with Gasteiger partial charge in [0.25, 0.3) is 0 Å². The van der Waals surface area contributed by atoms with Gasteiger partial charge in [-0.1, -0.05) is 12.0 Å². The fourth-order valence-corrected chi connectivity index (χ4v) is 4.13. The molecule has 2 aliphatic rings. The van der Waals surface area contributed by atoms with Crippen LogP contribution in [0.5, 0.6) is 5.75 Å². The lowest BCUT2D eigenvalue weighted by molar-refractivity contribution is -0.137. The van der Waals surface area contributed by atoms with Gasteiger partial charge in [0.05, 0.1) is 12.8 Å². The summed E-state index contributed by atoms with van der Waals surface area (Å²) >= 11 is 0. The molecule has 1 aliphatic heterocycles. The Morgan fingerprint density at radius 3 is 2.83 bits per heavy atom. The van der Waals surface area contributed by atoms with Crippen LogP contribution in [0.4, 0.5) is 0 Å². The van der Waals surface area contributed by atoms with Crippen molar-refractivity contribution in [1.29, 1.82) is 0 Å². The van der Waals surface area contributed by atoms with Crippen molar-refractivity contribution < 1.29 is 14.6 Å². The van der Waals surface area contributed by atoms with Gasteiger partial charge in [-0.05, 0) is 74.0 Å². The zero-order chi connectivity index (χ0) is 20.3. The van der Waals surface area contributed by atoms with E-state index in [4.69, 9.17) is 9.84 Å². The van der Waals surface area contributed by atoms with Crippen molar-refractivity contribution in [2.24, 2.45) is 0 Å². The Morgan fingerprint density at radius 2 is 2.14 bits per heavy atom. The molecule has 5 heteroatoms. The van der Waals surface area contributed by atoms with Crippen molar-refractivity contribution >= 4 is 5.97 Å². The predicted molar refractivity (Wildman–Crippen MR) is 111 cm³/mol. The van der Waals surface area contributed by atoms with E-state index in [0.717, 1.165) is 36.6 Å². The molecular weight excluding hydrogens is 364 g/mol. The number of ether oxygens (including phenoxy) is 1. The van der Waals surface area contributed by atoms with Crippen molar-refractivity contribution in [3.05, 3.63) is 58.9 Å². The summed E-state index contributed by atoms with van der Waals surface area (Å²) in [6, 6.07) is 10.3. The largest absolute Gasteiger partial charge is 0.492 e. The number of aliphatic carboxylic acids is 1. The van der Waals surface area contributed by atoms with Crippen LogP contribution in [0.2, 0.25) is 0 Å². The molecule has 1 spiro atoms. The van der Waals surface area contributed by atoms with E-state index in [2.05, 4.69) is 39.9 Å². The number of hydrogen-bond donors (Lipinski definition) is 1. The molecule has 0 unspecified atom stereocenters. The van der Waals surface area contributed by atoms with Crippen molar-refractivity contribution in [2.75, 3.05) is 19.7 Å². The maximum Gasteiger partial charge on any atom is 0.303 e. The van der Waals surface area contributed by atoms with Crippen LogP contribution in [0.15, 0.2) is 36.5 Å². The Balaban J connectivity index is 1.48. The number of benzene rings is 1. The molecule has 4 rings (SSSR count). The van der Waals surface area contributed by atoms with E-state index in [9.17, 15) is 4.79 Å². The predicted octanol–water partition coefficient (Wildman–Crippen LogP) is 3.59. The van der Waals surface area contributed by atoms with Crippen LogP contribution in [-0.2, 0) is 16.8 Å². The van der Waals surface area contributed by atoms with Gasteiger partial charge in [0.1, 0.15) is 11.4 Å². The van der Waals surface area contributed by atoms with E-state index in [1.165, 1.54) is 24.0 Å². The molecule has 150 valence electrons. The van der Waals surface area contributed by atoms with Crippen LogP contribution in [-0.4, -0.2) is 40.7 Å². The quantitative estimate of drug-likeness (QED) is 0.764. The number of pyridine rings is 1. The summed E-state index contributed by atoms with van der Waals surface area (Å²) in [4.78, 5) is 17.5. The molecule has 0 radical (unpaired) electrons. The normalized spacial score (nSPS) is 16.6. The summed E-state index contributed by atoms with van der Waals surface area (Å²) < 4.78 is 5.42. The number of hydrogen-bond acceptors (Lipinski definition) is 4. The van der Waals surface area contributed by atoms with Gasteiger partial charge in [0.15, 0.2) is 0 Å². The lowest BCUT2D eigenvalue weighted by Crippen LogP contribution is -2.38. The Kier molecular flexibility index (Phi) is 5.55. The molecule has 1 aromatic carbocycles. The number of rotatable bonds is 6. The molecule has 0 amide bonds. The van der Waals surface area contributed by atoms with E-state index in [1.54, 1.807) is 6.20 Å². The van der Waals surface area contributed by atoms with Gasteiger partial charge < -0.3 is 9.84 Å². The molecule has 5 nitrogen and oxygen atoms in total. The summed E-state index contributed by atoms with van der Waals surface area (Å²) in [5, 5.41) is 8.87. The van der Waals surface area contributed by atoms with Gasteiger partial charge in [0, 0.05) is 30.5 Å². The minimum atomic E-state index is -0.714. The molecule has 29 heavy (non-hydrogen) atoms. The zero-order valence-electron chi connectivity index (χ0n) is 16.8. The fraction of sp³-hybridized carbons (Fsp3) is 0.417. The van der Waals surface area contributed by atoms with Gasteiger partial charge in [0.2, 0.25) is 0 Å². The SMILES string of the molecule is CCOc1ccc(C#Cc2ccc3c(c2)C2(CC2)CN(CCCC(=O)O)C3)nc1. The van der Waals surface area contributed by atoms with Crippen molar-refractivity contribution in [3.63, 3.8) is 0 Å². The first-order valence-corrected chi connectivity index (χ1v) is 10.3. The average molecular weight is 390 g/mol. The molecule has 2 heterocycles. The monoisotopic (exact) mass is 390 g/mol. The minimum absolute atomic E-state index is 0.241. The Labute approximate surface area is 171 Å². The van der Waals surface area contributed by atoms with E-state index >= 15 is 0 Å². The molecule has 1 fully saturated rings. The number of aromatic nitrogens is 1. The van der Waals surface area contributed by atoms with Crippen LogP contribution >= 0.6 is 0 Å². The highest BCUT2D eigenvalue weighted by molar-refractivity contribution is 5.66. The van der Waals surface area contributed by atoms with Crippen molar-refractivity contribution in [2.45, 2.75) is 44.6 Å². The first kappa shape index (κ1) is 19.5. The van der Waals surface area contributed by atoms with Crippen molar-refractivity contribution in [1.82, 2.24) is 9.88 Å². The number of carbonyl (C=O) groups is 1. The second-order valence-corrected chi connectivity index (χ2v) is 7.92. The van der Waals surface area contributed by atoms with E-state index in [1.807, 2.05) is 19.1 Å². The molecule has 0 bridgehead atoms. The molecule has 1 N–H and O–H groups in total. The second kappa shape index (κ2) is 8.26. The second-order valence-electron chi connectivity index (χ2n) is 7.92. The maximum atomic E-state index is 10.8. The molecule has 1 saturated carbocycles. The van der Waals surface area contributed by atoms with Gasteiger partial charge in [-0.3, -0.25) is 9.69 Å². The topological polar surface area (TPSA) is 62.7 Å². The number of nitrogens with zero attached hydrogens (tertiary/aromatic N) is 2. The van der Waals surface area contributed by atoms with Gasteiger partial charge in [-0.2, -0.15) is 0 Å². The highest BCUT2D eigenvalue weighted by Gasteiger charge is 2.48. The Bertz CT molecular complexity index is 952. The Morgan fingerprint density at radius 1 is 1.28 bits per heavy atom. The van der Waals surface area contributed by atoms with Crippen LogP contribution < -0.4 is 4.74 Å². The van der Waals surface area contributed by atoms with E-state index in [0.29, 0.717) is 13.0 Å². The van der Waals surface area contributed by atoms with Crippen LogP contribution in [0.25, 0.3) is 0 Å². The first-order chi connectivity index (χ1) is 14.1. The Hall–Kier alpha value is -2.84. The third kappa shape index (κ3) is 4.60. The summed E-state index contributed by atoms with van der Waals surface area (Å²) in [5.74, 6) is 6.45. The van der Waals surface area contributed by atoms with Crippen LogP contribution in [0.3, 0.4) is 0 Å². The average Bonchev–Trinajstić information content (AvgIpc) is 3.47. The summed E-state index contributed by atoms with van der Waals surface area (Å²) in [7, 11) is 0. The molecular formula is C24H26N2O3. The maximum absolute atomic E-state index is 10.8. The first-order valence-electron chi connectivity index (χ1n) is 10.3. The fourth-order valence-electron chi connectivity index (χ4n) is 4.13. The van der Waals surface area contributed by atoms with Crippen LogP contribution in [0, 0.1) is 11.8 Å². The van der Waals surface area contributed by atoms with Crippen molar-refractivity contribution in [3.8, 4) is 17.6 Å². The smallest absolute Gasteiger partial charge is 0.303 e. The zero-order valence-corrected chi connectivity index (χ0v) is 16.8. The molecule has 0 saturated heterocycles. The molecule has 2 aromatic rings. The summed E-state index contributed by atoms with van der Waals surface area (Å²) in [6.07, 6.45) is 5.06. The highest BCUT2D eigenvalue weighted by Crippen LogP contribution is 2.52. The van der Waals surface area contributed by atoms with E-state index < -0.39 is 5.97 Å². The number of fused-ring (bicyclic) bond motifs is 2. The molecule has 1 aliphatic carbocycles. The summed E-state index contributed by atoms with van der Waals surface area (Å²) in [6.45, 7) is 5.34. The third-order valence-electron chi connectivity index (χ3n) is 5.70. The number of carboxylic acids is 1. The molecule has 1 aromatic heterocycles. The lowest BCUT2D eigenvalue weighted by atomic mass is 9.85. The van der Waals surface area contributed by atoms with Gasteiger partial charge in [-0.25, -0.2) is 4.98 Å². The number of carboxylic acid groups (broad SMARTS) is 1. The van der Waals surface area contributed by atoms with Gasteiger partial charge in [-0.15, -0.1) is 0 Å². The minimum Gasteiger partial charge on any atom is -0.492 e. The lowest BCUT2D eigenvalue weighted by Gasteiger charge is -2.35. The standard InChI is InChI=1S/C24H26N2O3/c1-2-29-21-10-9-20(25-15-21)8-6-18-5-7-19-16-26(13-3-4-23(27)28)17-24(11-12-24)22(19)14-18/h5,7,9-10,14-15H,2-4,11-13,16-17H2,1H3,(H,27,28). The van der Waals surface area contributed by atoms with Gasteiger partial charge >= 0.3 is 5.97 Å². The summed E-state index contributed by atoms with van der Waals surface area (Å²) in [5.41, 5.74) is 4.78. The van der Waals surface area contributed by atoms with E-state index in [-0.39, 0.29) is 11.8 Å².